The highest BCUT2D eigenvalue weighted by Crippen LogP contribution is 2.24. The number of carbonyl (C=O) groups excluding carboxylic acids is 1. The molecule has 96 valence electrons. The van der Waals surface area contributed by atoms with Crippen LogP contribution in [0.3, 0.4) is 0 Å². The van der Waals surface area contributed by atoms with Crippen LogP contribution in [-0.4, -0.2) is 24.0 Å². The lowest BCUT2D eigenvalue weighted by molar-refractivity contribution is -0.131. The van der Waals surface area contributed by atoms with Gasteiger partial charge >= 0.3 is 5.97 Å². The van der Waals surface area contributed by atoms with Crippen LogP contribution in [0, 0.1) is 0 Å². The van der Waals surface area contributed by atoms with Gasteiger partial charge in [0.05, 0.1) is 7.11 Å². The fourth-order valence-electron chi connectivity index (χ4n) is 1.74. The van der Waals surface area contributed by atoms with Gasteiger partial charge in [0.25, 0.3) is 5.78 Å². The summed E-state index contributed by atoms with van der Waals surface area (Å²) in [6.45, 7) is 0. The van der Waals surface area contributed by atoms with Crippen LogP contribution in [0.4, 0.5) is 0 Å². The maximum atomic E-state index is 11.3. The molecule has 19 heavy (non-hydrogen) atoms. The molecule has 2 rings (SSSR count). The molecular weight excluding hydrogens is 244 g/mol. The Labute approximate surface area is 110 Å². The zero-order valence-corrected chi connectivity index (χ0v) is 10.3. The van der Waals surface area contributed by atoms with Crippen molar-refractivity contribution in [1.29, 1.82) is 0 Å². The minimum absolute atomic E-state index is 0.166. The van der Waals surface area contributed by atoms with Crippen LogP contribution in [-0.2, 0) is 4.79 Å². The van der Waals surface area contributed by atoms with Gasteiger partial charge in [-0.15, -0.1) is 0 Å². The van der Waals surface area contributed by atoms with Crippen LogP contribution in [0.15, 0.2) is 48.5 Å². The van der Waals surface area contributed by atoms with Crippen molar-refractivity contribution in [3.8, 4) is 16.9 Å². The van der Waals surface area contributed by atoms with E-state index in [4.69, 9.17) is 9.84 Å². The van der Waals surface area contributed by atoms with E-state index in [1.165, 1.54) is 12.1 Å². The van der Waals surface area contributed by atoms with E-state index in [9.17, 15) is 9.59 Å². The van der Waals surface area contributed by atoms with Gasteiger partial charge in [0, 0.05) is 5.56 Å². The third kappa shape index (κ3) is 2.80. The third-order valence-corrected chi connectivity index (χ3v) is 2.74. The molecule has 0 aliphatic heterocycles. The topological polar surface area (TPSA) is 63.6 Å². The molecule has 0 atom stereocenters. The van der Waals surface area contributed by atoms with Crippen LogP contribution >= 0.6 is 0 Å². The Bertz CT molecular complexity index is 614. The highest BCUT2D eigenvalue weighted by atomic mass is 16.5. The molecule has 0 saturated carbocycles. The Balaban J connectivity index is 2.32. The van der Waals surface area contributed by atoms with E-state index in [1.807, 2.05) is 24.3 Å². The zero-order valence-electron chi connectivity index (χ0n) is 10.3. The standard InChI is InChI=1S/C15H12O4/c1-19-13-4-2-3-12(9-13)10-5-7-11(8-6-10)14(16)15(17)18/h2-9H,1H3,(H,17,18). The molecule has 0 saturated heterocycles. The number of carboxylic acids is 1. The monoisotopic (exact) mass is 256 g/mol. The average Bonchev–Trinajstić information content (AvgIpc) is 2.46. The van der Waals surface area contributed by atoms with Gasteiger partial charge in [-0.3, -0.25) is 4.79 Å². The predicted molar refractivity (Wildman–Crippen MR) is 70.4 cm³/mol. The first kappa shape index (κ1) is 12.8. The average molecular weight is 256 g/mol. The summed E-state index contributed by atoms with van der Waals surface area (Å²) >= 11 is 0. The van der Waals surface area contributed by atoms with E-state index in [2.05, 4.69) is 0 Å². The molecular formula is C15H12O4. The molecule has 0 radical (unpaired) electrons. The Morgan fingerprint density at radius 3 is 2.26 bits per heavy atom. The van der Waals surface area contributed by atoms with E-state index < -0.39 is 11.8 Å². The summed E-state index contributed by atoms with van der Waals surface area (Å²) in [5.74, 6) is -1.62. The second kappa shape index (κ2) is 5.35. The summed E-state index contributed by atoms with van der Waals surface area (Å²) in [5, 5.41) is 8.62. The summed E-state index contributed by atoms with van der Waals surface area (Å²) < 4.78 is 5.14. The Hall–Kier alpha value is -2.62. The quantitative estimate of drug-likeness (QED) is 0.674. The summed E-state index contributed by atoms with van der Waals surface area (Å²) in [7, 11) is 1.59. The third-order valence-electron chi connectivity index (χ3n) is 2.74. The molecule has 4 heteroatoms. The number of hydrogen-bond acceptors (Lipinski definition) is 3. The highest BCUT2D eigenvalue weighted by molar-refractivity contribution is 6.39. The number of methoxy groups -OCH3 is 1. The minimum atomic E-state index is -1.45. The second-order valence-electron chi connectivity index (χ2n) is 3.94. The first-order valence-corrected chi connectivity index (χ1v) is 5.64. The Morgan fingerprint density at radius 2 is 1.68 bits per heavy atom. The fraction of sp³-hybridized carbons (Fsp3) is 0.0667. The molecule has 0 spiro atoms. The van der Waals surface area contributed by atoms with E-state index in [0.717, 1.165) is 16.9 Å². The second-order valence-corrected chi connectivity index (χ2v) is 3.94. The normalized spacial score (nSPS) is 9.95. The van der Waals surface area contributed by atoms with E-state index >= 15 is 0 Å². The molecule has 2 aromatic rings. The summed E-state index contributed by atoms with van der Waals surface area (Å²) in [6, 6.07) is 13.9. The SMILES string of the molecule is COc1cccc(-c2ccc(C(=O)C(=O)O)cc2)c1. The molecule has 4 nitrogen and oxygen atoms in total. The van der Waals surface area contributed by atoms with Crippen molar-refractivity contribution in [2.24, 2.45) is 0 Å². The number of carbonyl (C=O) groups is 2. The zero-order chi connectivity index (χ0) is 13.8. The number of benzene rings is 2. The van der Waals surface area contributed by atoms with Crippen molar-refractivity contribution in [3.05, 3.63) is 54.1 Å². The molecule has 0 aliphatic rings. The van der Waals surface area contributed by atoms with Crippen molar-refractivity contribution in [2.45, 2.75) is 0 Å². The van der Waals surface area contributed by atoms with E-state index in [-0.39, 0.29) is 5.56 Å². The van der Waals surface area contributed by atoms with Gasteiger partial charge in [0.2, 0.25) is 0 Å². The summed E-state index contributed by atoms with van der Waals surface area (Å²) in [6.07, 6.45) is 0. The fourth-order valence-corrected chi connectivity index (χ4v) is 1.74. The largest absolute Gasteiger partial charge is 0.497 e. The summed E-state index contributed by atoms with van der Waals surface area (Å²) in [4.78, 5) is 21.8. The minimum Gasteiger partial charge on any atom is -0.497 e. The lowest BCUT2D eigenvalue weighted by atomic mass is 10.0. The van der Waals surface area contributed by atoms with Crippen LogP contribution in [0.1, 0.15) is 10.4 Å². The number of carboxylic acid groups (broad SMARTS) is 1. The van der Waals surface area contributed by atoms with Gasteiger partial charge in [-0.1, -0.05) is 36.4 Å². The van der Waals surface area contributed by atoms with Crippen LogP contribution in [0.2, 0.25) is 0 Å². The van der Waals surface area contributed by atoms with Gasteiger partial charge in [-0.25, -0.2) is 4.79 Å². The van der Waals surface area contributed by atoms with Gasteiger partial charge in [-0.05, 0) is 23.3 Å². The lowest BCUT2D eigenvalue weighted by Gasteiger charge is -2.05. The Morgan fingerprint density at radius 1 is 1.00 bits per heavy atom. The number of hydrogen-bond donors (Lipinski definition) is 1. The molecule has 0 unspecified atom stereocenters. The lowest BCUT2D eigenvalue weighted by Crippen LogP contribution is -2.12. The van der Waals surface area contributed by atoms with Crippen LogP contribution in [0.5, 0.6) is 5.75 Å². The Kier molecular flexibility index (Phi) is 3.61. The van der Waals surface area contributed by atoms with Gasteiger partial charge in [0.15, 0.2) is 0 Å². The van der Waals surface area contributed by atoms with Crippen molar-refractivity contribution in [2.75, 3.05) is 7.11 Å². The molecule has 0 amide bonds. The smallest absolute Gasteiger partial charge is 0.377 e. The van der Waals surface area contributed by atoms with Crippen LogP contribution in [0.25, 0.3) is 11.1 Å². The number of rotatable bonds is 4. The van der Waals surface area contributed by atoms with Gasteiger partial charge in [0.1, 0.15) is 5.75 Å². The number of aliphatic carboxylic acids is 1. The number of Topliss-reactive ketones (excluding diaryl/α,β-unsaturated/α-hetero) is 1. The number of ether oxygens (including phenoxy) is 1. The first-order chi connectivity index (χ1) is 9.11. The van der Waals surface area contributed by atoms with Crippen molar-refractivity contribution >= 4 is 11.8 Å². The maximum absolute atomic E-state index is 11.3. The van der Waals surface area contributed by atoms with Crippen molar-refractivity contribution in [1.82, 2.24) is 0 Å². The van der Waals surface area contributed by atoms with E-state index in [1.54, 1.807) is 19.2 Å². The molecule has 0 aromatic heterocycles. The molecule has 0 aliphatic carbocycles. The summed E-state index contributed by atoms with van der Waals surface area (Å²) in [5.41, 5.74) is 1.99. The van der Waals surface area contributed by atoms with Gasteiger partial charge in [-0.2, -0.15) is 0 Å². The maximum Gasteiger partial charge on any atom is 0.377 e. The van der Waals surface area contributed by atoms with E-state index in [0.29, 0.717) is 0 Å². The van der Waals surface area contributed by atoms with Crippen LogP contribution < -0.4 is 4.74 Å². The highest BCUT2D eigenvalue weighted by Gasteiger charge is 2.13. The van der Waals surface area contributed by atoms with Gasteiger partial charge < -0.3 is 9.84 Å². The molecule has 0 bridgehead atoms. The molecule has 1 N–H and O–H groups in total. The van der Waals surface area contributed by atoms with Crippen molar-refractivity contribution < 1.29 is 19.4 Å². The van der Waals surface area contributed by atoms with Crippen molar-refractivity contribution in [3.63, 3.8) is 0 Å². The molecule has 0 fully saturated rings. The number of ketones is 1. The molecule has 2 aromatic carbocycles. The molecule has 0 heterocycles. The first-order valence-electron chi connectivity index (χ1n) is 5.64. The predicted octanol–water partition coefficient (Wildman–Crippen LogP) is 2.63.